The average molecular weight is 462 g/mol. The summed E-state index contributed by atoms with van der Waals surface area (Å²) < 4.78 is 3.59. The van der Waals surface area contributed by atoms with Gasteiger partial charge in [0.2, 0.25) is 0 Å². The van der Waals surface area contributed by atoms with Gasteiger partial charge in [-0.1, -0.05) is 42.5 Å². The van der Waals surface area contributed by atoms with Crippen LogP contribution < -0.4 is 10.5 Å². The lowest BCUT2D eigenvalue weighted by Crippen LogP contribution is -2.20. The zero-order valence-electron chi connectivity index (χ0n) is 20.3. The summed E-state index contributed by atoms with van der Waals surface area (Å²) in [6, 6.07) is 27.6. The van der Waals surface area contributed by atoms with Crippen LogP contribution in [0.1, 0.15) is 17.0 Å². The Bertz CT molecular complexity index is 1590. The number of aromatic nitrogens is 3. The molecule has 0 spiro atoms. The topological polar surface area (TPSA) is 55.4 Å². The summed E-state index contributed by atoms with van der Waals surface area (Å²) in [7, 11) is 4.06. The van der Waals surface area contributed by atoms with Crippen molar-refractivity contribution in [3.8, 4) is 17.1 Å². The Balaban J connectivity index is 1.61. The molecule has 0 atom stereocenters. The molecule has 0 saturated carbocycles. The Morgan fingerprint density at radius 1 is 0.886 bits per heavy atom. The molecule has 0 aliphatic rings. The molecule has 0 bridgehead atoms. The fraction of sp³-hybridized carbons (Fsp3) is 0.138. The van der Waals surface area contributed by atoms with Crippen molar-refractivity contribution in [3.05, 3.63) is 112 Å². The van der Waals surface area contributed by atoms with Crippen molar-refractivity contribution in [2.75, 3.05) is 19.0 Å². The minimum Gasteiger partial charge on any atom is -0.378 e. The van der Waals surface area contributed by atoms with Crippen molar-refractivity contribution in [1.82, 2.24) is 14.2 Å². The molecule has 35 heavy (non-hydrogen) atoms. The Morgan fingerprint density at radius 2 is 1.57 bits per heavy atom. The third-order valence-corrected chi connectivity index (χ3v) is 6.19. The first-order chi connectivity index (χ1) is 16.9. The molecule has 0 radical (unpaired) electrons. The van der Waals surface area contributed by atoms with Gasteiger partial charge < -0.3 is 9.47 Å². The third-order valence-electron chi connectivity index (χ3n) is 6.19. The molecule has 6 heteroatoms. The molecule has 0 fully saturated rings. The van der Waals surface area contributed by atoms with Gasteiger partial charge in [-0.05, 0) is 56.3 Å². The molecule has 6 nitrogen and oxygen atoms in total. The fourth-order valence-corrected chi connectivity index (χ4v) is 4.34. The zero-order valence-corrected chi connectivity index (χ0v) is 20.3. The quantitative estimate of drug-likeness (QED) is 0.329. The van der Waals surface area contributed by atoms with E-state index in [0.29, 0.717) is 16.7 Å². The van der Waals surface area contributed by atoms with Gasteiger partial charge in [0.05, 0.1) is 17.1 Å². The van der Waals surface area contributed by atoms with Crippen LogP contribution in [0, 0.1) is 13.8 Å². The SMILES string of the molecule is Cc1cc(C=Nn2c(-c3ccccc3)nc3ccccc3c2=O)c(C)n1-c1ccc(N(C)C)cc1. The van der Waals surface area contributed by atoms with Gasteiger partial charge in [-0.15, -0.1) is 0 Å². The Morgan fingerprint density at radius 3 is 2.29 bits per heavy atom. The van der Waals surface area contributed by atoms with E-state index in [-0.39, 0.29) is 5.56 Å². The van der Waals surface area contributed by atoms with Crippen molar-refractivity contribution < 1.29 is 0 Å². The summed E-state index contributed by atoms with van der Waals surface area (Å²) >= 11 is 0. The van der Waals surface area contributed by atoms with Crippen molar-refractivity contribution in [3.63, 3.8) is 0 Å². The molecule has 5 rings (SSSR count). The number of aryl methyl sites for hydroxylation is 1. The molecule has 0 aliphatic carbocycles. The van der Waals surface area contributed by atoms with Gasteiger partial charge in [-0.3, -0.25) is 4.79 Å². The van der Waals surface area contributed by atoms with E-state index in [0.717, 1.165) is 33.9 Å². The summed E-state index contributed by atoms with van der Waals surface area (Å²) in [6.07, 6.45) is 1.75. The van der Waals surface area contributed by atoms with Gasteiger partial charge in [0, 0.05) is 48.0 Å². The van der Waals surface area contributed by atoms with E-state index < -0.39 is 0 Å². The zero-order chi connectivity index (χ0) is 24.5. The molecule has 2 aromatic heterocycles. The second-order valence-corrected chi connectivity index (χ2v) is 8.75. The minimum absolute atomic E-state index is 0.196. The van der Waals surface area contributed by atoms with E-state index in [1.54, 1.807) is 12.3 Å². The Hall–Kier alpha value is -4.45. The molecule has 174 valence electrons. The van der Waals surface area contributed by atoms with Gasteiger partial charge in [0.1, 0.15) is 0 Å². The number of hydrogen-bond donors (Lipinski definition) is 0. The lowest BCUT2D eigenvalue weighted by atomic mass is 10.2. The molecule has 3 aromatic carbocycles. The van der Waals surface area contributed by atoms with E-state index >= 15 is 0 Å². The van der Waals surface area contributed by atoms with E-state index in [2.05, 4.69) is 58.7 Å². The van der Waals surface area contributed by atoms with E-state index in [4.69, 9.17) is 4.98 Å². The number of anilines is 1. The summed E-state index contributed by atoms with van der Waals surface area (Å²) in [5, 5.41) is 5.18. The summed E-state index contributed by atoms with van der Waals surface area (Å²) in [6.45, 7) is 4.14. The van der Waals surface area contributed by atoms with E-state index in [1.807, 2.05) is 62.6 Å². The summed E-state index contributed by atoms with van der Waals surface area (Å²) in [5.41, 5.74) is 6.60. The molecule has 0 saturated heterocycles. The van der Waals surface area contributed by atoms with E-state index in [9.17, 15) is 4.79 Å². The van der Waals surface area contributed by atoms with Crippen LogP contribution in [0.15, 0.2) is 94.8 Å². The van der Waals surface area contributed by atoms with Crippen LogP contribution in [0.2, 0.25) is 0 Å². The highest BCUT2D eigenvalue weighted by Gasteiger charge is 2.13. The first-order valence-electron chi connectivity index (χ1n) is 11.5. The maximum Gasteiger partial charge on any atom is 0.282 e. The third kappa shape index (κ3) is 4.15. The highest BCUT2D eigenvalue weighted by atomic mass is 16.1. The van der Waals surface area contributed by atoms with Crippen LogP contribution in [-0.2, 0) is 0 Å². The predicted octanol–water partition coefficient (Wildman–Crippen LogP) is 5.42. The number of hydrogen-bond acceptors (Lipinski definition) is 4. The molecular formula is C29H27N5O. The first kappa shape index (κ1) is 22.3. The Labute approximate surface area is 204 Å². The number of fused-ring (bicyclic) bond motifs is 1. The molecular weight excluding hydrogens is 434 g/mol. The summed E-state index contributed by atoms with van der Waals surface area (Å²) in [4.78, 5) is 20.3. The smallest absolute Gasteiger partial charge is 0.282 e. The number of rotatable bonds is 5. The van der Waals surface area contributed by atoms with Gasteiger partial charge in [-0.2, -0.15) is 9.78 Å². The van der Waals surface area contributed by atoms with Crippen LogP contribution in [0.4, 0.5) is 5.69 Å². The largest absolute Gasteiger partial charge is 0.378 e. The first-order valence-corrected chi connectivity index (χ1v) is 11.5. The minimum atomic E-state index is -0.196. The van der Waals surface area contributed by atoms with E-state index in [1.165, 1.54) is 4.68 Å². The number of para-hydroxylation sites is 1. The molecule has 5 aromatic rings. The lowest BCUT2D eigenvalue weighted by Gasteiger charge is -2.14. The second-order valence-electron chi connectivity index (χ2n) is 8.75. The highest BCUT2D eigenvalue weighted by molar-refractivity contribution is 5.83. The molecule has 0 unspecified atom stereocenters. The average Bonchev–Trinajstić information content (AvgIpc) is 3.16. The van der Waals surface area contributed by atoms with Crippen molar-refractivity contribution in [1.29, 1.82) is 0 Å². The van der Waals surface area contributed by atoms with Gasteiger partial charge in [-0.25, -0.2) is 4.98 Å². The number of benzene rings is 3. The standard InChI is InChI=1S/C29H27N5O/c1-20-18-23(21(2)33(20)25-16-14-24(15-17-25)32(3)4)19-30-34-28(22-10-6-5-7-11-22)31-27-13-9-8-12-26(27)29(34)35/h5-19H,1-4H3. The normalized spacial score (nSPS) is 11.4. The maximum atomic E-state index is 13.4. The van der Waals surface area contributed by atoms with Crippen molar-refractivity contribution >= 4 is 22.8 Å². The van der Waals surface area contributed by atoms with Gasteiger partial charge in [0.15, 0.2) is 5.82 Å². The van der Waals surface area contributed by atoms with Crippen LogP contribution in [-0.4, -0.2) is 34.5 Å². The monoisotopic (exact) mass is 461 g/mol. The molecule has 2 heterocycles. The summed E-state index contributed by atoms with van der Waals surface area (Å²) in [5.74, 6) is 0.513. The molecule has 0 N–H and O–H groups in total. The fourth-order valence-electron chi connectivity index (χ4n) is 4.34. The maximum absolute atomic E-state index is 13.4. The van der Waals surface area contributed by atoms with Gasteiger partial charge in [0.25, 0.3) is 5.56 Å². The molecule has 0 amide bonds. The van der Waals surface area contributed by atoms with Gasteiger partial charge >= 0.3 is 0 Å². The predicted molar refractivity (Wildman–Crippen MR) is 144 cm³/mol. The van der Waals surface area contributed by atoms with Crippen molar-refractivity contribution in [2.24, 2.45) is 5.10 Å². The second kappa shape index (κ2) is 9.06. The van der Waals surface area contributed by atoms with Crippen LogP contribution in [0.5, 0.6) is 0 Å². The number of nitrogens with zero attached hydrogens (tertiary/aromatic N) is 5. The van der Waals surface area contributed by atoms with Crippen LogP contribution in [0.25, 0.3) is 28.0 Å². The van der Waals surface area contributed by atoms with Crippen LogP contribution in [0.3, 0.4) is 0 Å². The highest BCUT2D eigenvalue weighted by Crippen LogP contribution is 2.23. The Kier molecular flexibility index (Phi) is 5.79. The van der Waals surface area contributed by atoms with Crippen LogP contribution >= 0.6 is 0 Å². The lowest BCUT2D eigenvalue weighted by molar-refractivity contribution is 0.829. The van der Waals surface area contributed by atoms with Crippen molar-refractivity contribution in [2.45, 2.75) is 13.8 Å². The molecule has 0 aliphatic heterocycles.